The van der Waals surface area contributed by atoms with Gasteiger partial charge in [0.05, 0.1) is 6.42 Å². The highest BCUT2D eigenvalue weighted by Gasteiger charge is 2.36. The van der Waals surface area contributed by atoms with E-state index in [-0.39, 0.29) is 17.9 Å². The van der Waals surface area contributed by atoms with Crippen molar-refractivity contribution in [3.63, 3.8) is 0 Å². The second kappa shape index (κ2) is 8.07. The van der Waals surface area contributed by atoms with E-state index in [2.05, 4.69) is 13.8 Å². The number of amides is 1. The number of nitrogens with zero attached hydrogens (tertiary/aromatic N) is 1. The highest BCUT2D eigenvalue weighted by Crippen LogP contribution is 2.36. The maximum absolute atomic E-state index is 12.7. The molecule has 1 saturated carbocycles. The van der Waals surface area contributed by atoms with Crippen LogP contribution in [0.25, 0.3) is 6.08 Å². The number of carbonyl (C=O) groups excluding carboxylic acids is 1. The number of carboxylic acids is 1. The lowest BCUT2D eigenvalue weighted by Crippen LogP contribution is -2.29. The van der Waals surface area contributed by atoms with Crippen molar-refractivity contribution in [1.29, 1.82) is 0 Å². The molecule has 1 heterocycles. The molecule has 1 aromatic rings. The zero-order chi connectivity index (χ0) is 18.7. The van der Waals surface area contributed by atoms with Gasteiger partial charge in [-0.1, -0.05) is 51.0 Å². The number of aliphatic carboxylic acids is 1. The van der Waals surface area contributed by atoms with Crippen molar-refractivity contribution in [3.8, 4) is 0 Å². The second-order valence-electron chi connectivity index (χ2n) is 8.08. The summed E-state index contributed by atoms with van der Waals surface area (Å²) in [4.78, 5) is 26.2. The molecular formula is C22H29NO3. The van der Waals surface area contributed by atoms with Crippen LogP contribution in [0.1, 0.15) is 63.0 Å². The first-order valence-electron chi connectivity index (χ1n) is 9.75. The molecule has 4 heteroatoms. The van der Waals surface area contributed by atoms with Crippen LogP contribution in [0.15, 0.2) is 29.8 Å². The van der Waals surface area contributed by atoms with Crippen LogP contribution in [-0.4, -0.2) is 35.0 Å². The Bertz CT molecular complexity index is 676. The minimum Gasteiger partial charge on any atom is -0.478 e. The first-order valence-corrected chi connectivity index (χ1v) is 9.75. The third-order valence-electron chi connectivity index (χ3n) is 5.89. The minimum absolute atomic E-state index is 0.0271. The molecule has 4 nitrogen and oxygen atoms in total. The van der Waals surface area contributed by atoms with Crippen molar-refractivity contribution >= 4 is 18.0 Å². The lowest BCUT2D eigenvalue weighted by molar-refractivity contribution is -0.136. The third-order valence-corrected chi connectivity index (χ3v) is 5.89. The monoisotopic (exact) mass is 355 g/mol. The molecule has 0 radical (unpaired) electrons. The van der Waals surface area contributed by atoms with E-state index in [1.165, 1.54) is 31.2 Å². The van der Waals surface area contributed by atoms with E-state index in [9.17, 15) is 14.7 Å². The number of carbonyl (C=O) groups is 2. The van der Waals surface area contributed by atoms with Crippen molar-refractivity contribution in [3.05, 3.63) is 41.0 Å². The quantitative estimate of drug-likeness (QED) is 0.801. The molecule has 1 saturated heterocycles. The van der Waals surface area contributed by atoms with Crippen molar-refractivity contribution in [2.75, 3.05) is 13.1 Å². The van der Waals surface area contributed by atoms with E-state index >= 15 is 0 Å². The lowest BCUT2D eigenvalue weighted by atomic mass is 9.82. The number of rotatable bonds is 5. The average Bonchev–Trinajstić information content (AvgIpc) is 3.05. The summed E-state index contributed by atoms with van der Waals surface area (Å²) in [6.45, 7) is 5.86. The largest absolute Gasteiger partial charge is 0.478 e. The van der Waals surface area contributed by atoms with Crippen LogP contribution in [0.4, 0.5) is 0 Å². The Morgan fingerprint density at radius 1 is 1.12 bits per heavy atom. The Labute approximate surface area is 155 Å². The van der Waals surface area contributed by atoms with Gasteiger partial charge in [0.25, 0.3) is 0 Å². The molecule has 1 aliphatic heterocycles. The maximum atomic E-state index is 12.7. The summed E-state index contributed by atoms with van der Waals surface area (Å²) in [6, 6.07) is 7.88. The zero-order valence-electron chi connectivity index (χ0n) is 15.8. The fourth-order valence-electron chi connectivity index (χ4n) is 4.25. The van der Waals surface area contributed by atoms with Crippen molar-refractivity contribution in [2.24, 2.45) is 11.8 Å². The molecule has 1 amide bonds. The minimum atomic E-state index is -1.01. The molecule has 0 bridgehead atoms. The van der Waals surface area contributed by atoms with Crippen LogP contribution < -0.4 is 0 Å². The number of fused-ring (bicyclic) bond motifs is 1. The van der Waals surface area contributed by atoms with Gasteiger partial charge in [0, 0.05) is 18.7 Å². The van der Waals surface area contributed by atoms with Crippen LogP contribution in [0, 0.1) is 11.8 Å². The van der Waals surface area contributed by atoms with Crippen LogP contribution >= 0.6 is 0 Å². The molecule has 2 aliphatic rings. The average molecular weight is 355 g/mol. The molecule has 2 fully saturated rings. The molecule has 3 rings (SSSR count). The highest BCUT2D eigenvalue weighted by atomic mass is 16.4. The van der Waals surface area contributed by atoms with E-state index in [0.717, 1.165) is 18.7 Å². The third kappa shape index (κ3) is 4.35. The number of benzene rings is 1. The summed E-state index contributed by atoms with van der Waals surface area (Å²) in [7, 11) is 0. The first kappa shape index (κ1) is 18.7. The van der Waals surface area contributed by atoms with Gasteiger partial charge < -0.3 is 10.0 Å². The van der Waals surface area contributed by atoms with Crippen molar-refractivity contribution in [2.45, 2.75) is 51.9 Å². The van der Waals surface area contributed by atoms with Crippen LogP contribution in [-0.2, 0) is 9.59 Å². The molecule has 0 unspecified atom stereocenters. The maximum Gasteiger partial charge on any atom is 0.332 e. The van der Waals surface area contributed by atoms with Gasteiger partial charge >= 0.3 is 5.97 Å². The Morgan fingerprint density at radius 3 is 2.19 bits per heavy atom. The SMILES string of the molecule is CC(C)c1ccc(/C=C(\CC(=O)N2C[C@H]3CCCC[C@H]3C2)C(=O)O)cc1. The number of carboxylic acid groups (broad SMARTS) is 1. The van der Waals surface area contributed by atoms with Crippen molar-refractivity contribution < 1.29 is 14.7 Å². The van der Waals surface area contributed by atoms with Gasteiger partial charge in [0.1, 0.15) is 0 Å². The number of hydrogen-bond acceptors (Lipinski definition) is 2. The van der Waals surface area contributed by atoms with Gasteiger partial charge in [-0.25, -0.2) is 4.79 Å². The smallest absolute Gasteiger partial charge is 0.332 e. The van der Waals surface area contributed by atoms with Crippen LogP contribution in [0.3, 0.4) is 0 Å². The van der Waals surface area contributed by atoms with Crippen LogP contribution in [0.2, 0.25) is 0 Å². The van der Waals surface area contributed by atoms with E-state index in [1.807, 2.05) is 29.2 Å². The number of hydrogen-bond donors (Lipinski definition) is 1. The van der Waals surface area contributed by atoms with Crippen molar-refractivity contribution in [1.82, 2.24) is 4.90 Å². The molecule has 1 aliphatic carbocycles. The summed E-state index contributed by atoms with van der Waals surface area (Å²) in [5.74, 6) is 0.615. The molecule has 1 aromatic carbocycles. The fourth-order valence-corrected chi connectivity index (χ4v) is 4.25. The molecule has 2 atom stereocenters. The second-order valence-corrected chi connectivity index (χ2v) is 8.08. The molecule has 0 aromatic heterocycles. The predicted molar refractivity (Wildman–Crippen MR) is 103 cm³/mol. The van der Waals surface area contributed by atoms with Gasteiger partial charge in [0.15, 0.2) is 0 Å². The summed E-state index contributed by atoms with van der Waals surface area (Å²) < 4.78 is 0. The Kier molecular flexibility index (Phi) is 5.80. The number of likely N-dealkylation sites (tertiary alicyclic amines) is 1. The molecular weight excluding hydrogens is 326 g/mol. The van der Waals surface area contributed by atoms with E-state index < -0.39 is 5.97 Å². The summed E-state index contributed by atoms with van der Waals surface area (Å²) in [6.07, 6.45) is 6.54. The summed E-state index contributed by atoms with van der Waals surface area (Å²) >= 11 is 0. The Hall–Kier alpha value is -2.10. The van der Waals surface area contributed by atoms with E-state index in [0.29, 0.717) is 17.8 Å². The van der Waals surface area contributed by atoms with Crippen LogP contribution in [0.5, 0.6) is 0 Å². The standard InChI is InChI=1S/C22H29NO3/c1-15(2)17-9-7-16(8-10-17)11-20(22(25)26)12-21(24)23-13-18-5-3-4-6-19(18)14-23/h7-11,15,18-19H,3-6,12-14H2,1-2H3,(H,25,26)/b20-11+/t18-,19+. The fraction of sp³-hybridized carbons (Fsp3) is 0.545. The Morgan fingerprint density at radius 2 is 1.69 bits per heavy atom. The summed E-state index contributed by atoms with van der Waals surface area (Å²) in [5, 5.41) is 9.54. The first-order chi connectivity index (χ1) is 12.4. The zero-order valence-corrected chi connectivity index (χ0v) is 15.8. The molecule has 0 spiro atoms. The van der Waals surface area contributed by atoms with Gasteiger partial charge in [-0.2, -0.15) is 0 Å². The van der Waals surface area contributed by atoms with E-state index in [1.54, 1.807) is 6.08 Å². The predicted octanol–water partition coefficient (Wildman–Crippen LogP) is 4.32. The van der Waals surface area contributed by atoms with Gasteiger partial charge in [-0.3, -0.25) is 4.79 Å². The van der Waals surface area contributed by atoms with Gasteiger partial charge in [-0.05, 0) is 47.8 Å². The summed E-state index contributed by atoms with van der Waals surface area (Å²) in [5.41, 5.74) is 2.21. The molecule has 26 heavy (non-hydrogen) atoms. The van der Waals surface area contributed by atoms with E-state index in [4.69, 9.17) is 0 Å². The normalized spacial score (nSPS) is 23.2. The highest BCUT2D eigenvalue weighted by molar-refractivity contribution is 5.98. The molecule has 140 valence electrons. The van der Waals surface area contributed by atoms with Gasteiger partial charge in [-0.15, -0.1) is 0 Å². The topological polar surface area (TPSA) is 57.6 Å². The molecule has 1 N–H and O–H groups in total. The Balaban J connectivity index is 1.68. The van der Waals surface area contributed by atoms with Gasteiger partial charge in [0.2, 0.25) is 5.91 Å². The lowest BCUT2D eigenvalue weighted by Gasteiger charge is -2.22.